The monoisotopic (exact) mass is 363 g/mol. The van der Waals surface area contributed by atoms with Crippen molar-refractivity contribution in [2.45, 2.75) is 18.4 Å². The molecule has 0 saturated carbocycles. The molecule has 2 aliphatic heterocycles. The summed E-state index contributed by atoms with van der Waals surface area (Å²) < 4.78 is 5.56. The van der Waals surface area contributed by atoms with Crippen LogP contribution in [0.5, 0.6) is 0 Å². The van der Waals surface area contributed by atoms with Gasteiger partial charge in [0.1, 0.15) is 5.60 Å². The van der Waals surface area contributed by atoms with Crippen molar-refractivity contribution in [2.24, 2.45) is 0 Å². The summed E-state index contributed by atoms with van der Waals surface area (Å²) in [6.45, 7) is 3.07. The van der Waals surface area contributed by atoms with Crippen molar-refractivity contribution in [2.75, 3.05) is 50.1 Å². The Morgan fingerprint density at radius 2 is 1.96 bits per heavy atom. The van der Waals surface area contributed by atoms with Gasteiger partial charge in [0, 0.05) is 43.0 Å². The van der Waals surface area contributed by atoms with Gasteiger partial charge in [0.15, 0.2) is 0 Å². The number of hydrogen-bond acceptors (Lipinski definition) is 5. The van der Waals surface area contributed by atoms with Crippen LogP contribution in [0.4, 0.5) is 5.69 Å². The number of benzene rings is 1. The van der Waals surface area contributed by atoms with Crippen LogP contribution in [0.3, 0.4) is 0 Å². The lowest BCUT2D eigenvalue weighted by Crippen LogP contribution is -2.51. The van der Waals surface area contributed by atoms with Gasteiger partial charge < -0.3 is 20.3 Å². The average Bonchev–Trinajstić information content (AvgIpc) is 2.68. The van der Waals surface area contributed by atoms with E-state index in [1.807, 2.05) is 28.8 Å². The Hall–Kier alpha value is -1.57. The number of hydrogen-bond donors (Lipinski definition) is 2. The molecule has 0 spiro atoms. The Bertz CT molecular complexity index is 626. The molecule has 0 bridgehead atoms. The molecule has 0 aromatic heterocycles. The summed E-state index contributed by atoms with van der Waals surface area (Å²) in [7, 11) is 1.58. The van der Waals surface area contributed by atoms with E-state index in [-0.39, 0.29) is 11.8 Å². The summed E-state index contributed by atoms with van der Waals surface area (Å²) in [6.07, 6.45) is 1.28. The predicted octanol–water partition coefficient (Wildman–Crippen LogP) is 1.58. The first kappa shape index (κ1) is 18.2. The molecule has 2 fully saturated rings. The highest BCUT2D eigenvalue weighted by atomic mass is 32.2. The molecular weight excluding hydrogens is 338 g/mol. The highest BCUT2D eigenvalue weighted by molar-refractivity contribution is 7.99. The fraction of sp³-hybridized carbons (Fsp3) is 0.556. The number of piperidine rings is 1. The molecule has 6 nitrogen and oxygen atoms in total. The number of ether oxygens (including phenoxy) is 1. The molecule has 1 aromatic carbocycles. The third-order valence-corrected chi connectivity index (χ3v) is 5.82. The van der Waals surface area contributed by atoms with Gasteiger partial charge in [-0.25, -0.2) is 0 Å². The van der Waals surface area contributed by atoms with Gasteiger partial charge in [0.2, 0.25) is 0 Å². The number of nitrogens with zero attached hydrogens (tertiary/aromatic N) is 1. The van der Waals surface area contributed by atoms with E-state index in [0.717, 1.165) is 37.7 Å². The van der Waals surface area contributed by atoms with E-state index in [1.165, 1.54) is 0 Å². The van der Waals surface area contributed by atoms with Crippen molar-refractivity contribution in [3.05, 3.63) is 29.8 Å². The molecule has 0 aliphatic carbocycles. The van der Waals surface area contributed by atoms with Crippen molar-refractivity contribution >= 4 is 29.3 Å². The molecule has 2 N–H and O–H groups in total. The molecule has 0 atom stereocenters. The molecule has 0 unspecified atom stereocenters. The molecule has 2 aliphatic rings. The summed E-state index contributed by atoms with van der Waals surface area (Å²) in [6, 6.07) is 7.18. The van der Waals surface area contributed by atoms with E-state index >= 15 is 0 Å². The number of nitrogens with one attached hydrogen (secondary N) is 2. The van der Waals surface area contributed by atoms with Gasteiger partial charge in [-0.1, -0.05) is 6.07 Å². The van der Waals surface area contributed by atoms with Gasteiger partial charge in [-0.05, 0) is 44.1 Å². The Morgan fingerprint density at radius 1 is 1.24 bits per heavy atom. The van der Waals surface area contributed by atoms with Gasteiger partial charge in [-0.3, -0.25) is 9.59 Å². The highest BCUT2D eigenvalue weighted by Gasteiger charge is 2.39. The van der Waals surface area contributed by atoms with E-state index < -0.39 is 5.60 Å². The lowest BCUT2D eigenvalue weighted by atomic mass is 9.91. The van der Waals surface area contributed by atoms with Crippen molar-refractivity contribution < 1.29 is 14.3 Å². The van der Waals surface area contributed by atoms with Crippen LogP contribution in [-0.2, 0) is 9.53 Å². The van der Waals surface area contributed by atoms with E-state index in [4.69, 9.17) is 4.74 Å². The fourth-order valence-corrected chi connectivity index (χ4v) is 4.18. The van der Waals surface area contributed by atoms with E-state index in [0.29, 0.717) is 24.1 Å². The zero-order chi connectivity index (χ0) is 17.7. The first-order chi connectivity index (χ1) is 12.1. The predicted molar refractivity (Wildman–Crippen MR) is 100 cm³/mol. The Kier molecular flexibility index (Phi) is 5.98. The second kappa shape index (κ2) is 8.21. The zero-order valence-corrected chi connectivity index (χ0v) is 15.4. The van der Waals surface area contributed by atoms with Gasteiger partial charge in [0.25, 0.3) is 11.8 Å². The molecule has 2 saturated heterocycles. The number of amides is 2. The Morgan fingerprint density at radius 3 is 2.64 bits per heavy atom. The number of thioether (sulfide) groups is 1. The van der Waals surface area contributed by atoms with Crippen LogP contribution >= 0.6 is 11.8 Å². The maximum atomic E-state index is 12.7. The summed E-state index contributed by atoms with van der Waals surface area (Å²) in [5.41, 5.74) is 0.452. The molecule has 7 heteroatoms. The molecule has 25 heavy (non-hydrogen) atoms. The first-order valence-corrected chi connectivity index (χ1v) is 9.84. The minimum atomic E-state index is -0.796. The highest BCUT2D eigenvalue weighted by Crippen LogP contribution is 2.25. The standard InChI is InChI=1S/C18H25N3O3S/c1-24-18(5-7-19-8-6-18)17(23)20-15-4-2-3-14(13-15)16(22)21-9-11-25-12-10-21/h2-4,13,19H,5-12H2,1H3,(H,20,23). The quantitative estimate of drug-likeness (QED) is 0.850. The van der Waals surface area contributed by atoms with E-state index in [9.17, 15) is 9.59 Å². The molecule has 2 amide bonds. The summed E-state index contributed by atoms with van der Waals surface area (Å²) in [5, 5.41) is 6.18. The van der Waals surface area contributed by atoms with E-state index in [2.05, 4.69) is 10.6 Å². The molecule has 1 aromatic rings. The Labute approximate surface area is 152 Å². The zero-order valence-electron chi connectivity index (χ0n) is 14.5. The third-order valence-electron chi connectivity index (χ3n) is 4.88. The van der Waals surface area contributed by atoms with Gasteiger partial charge in [0.05, 0.1) is 0 Å². The van der Waals surface area contributed by atoms with Crippen LogP contribution in [0.2, 0.25) is 0 Å². The minimum Gasteiger partial charge on any atom is -0.368 e. The fourth-order valence-electron chi connectivity index (χ4n) is 3.28. The van der Waals surface area contributed by atoms with Crippen LogP contribution in [0, 0.1) is 0 Å². The second-order valence-electron chi connectivity index (χ2n) is 6.39. The number of methoxy groups -OCH3 is 1. The van der Waals surface area contributed by atoms with Crippen molar-refractivity contribution in [1.82, 2.24) is 10.2 Å². The maximum Gasteiger partial charge on any atom is 0.256 e. The number of anilines is 1. The molecule has 2 heterocycles. The molecule has 0 radical (unpaired) electrons. The number of rotatable bonds is 4. The number of carbonyl (C=O) groups excluding carboxylic acids is 2. The lowest BCUT2D eigenvalue weighted by molar-refractivity contribution is -0.140. The minimum absolute atomic E-state index is 0.0275. The topological polar surface area (TPSA) is 70.7 Å². The van der Waals surface area contributed by atoms with Crippen LogP contribution in [0.1, 0.15) is 23.2 Å². The average molecular weight is 363 g/mol. The SMILES string of the molecule is COC1(C(=O)Nc2cccc(C(=O)N3CCSCC3)c2)CCNCC1. The molecule has 3 rings (SSSR count). The van der Waals surface area contributed by atoms with Gasteiger partial charge in [-0.15, -0.1) is 0 Å². The van der Waals surface area contributed by atoms with Crippen molar-refractivity contribution in [1.29, 1.82) is 0 Å². The van der Waals surface area contributed by atoms with Crippen LogP contribution < -0.4 is 10.6 Å². The van der Waals surface area contributed by atoms with Crippen molar-refractivity contribution in [3.8, 4) is 0 Å². The van der Waals surface area contributed by atoms with Crippen LogP contribution in [0.25, 0.3) is 0 Å². The van der Waals surface area contributed by atoms with Crippen molar-refractivity contribution in [3.63, 3.8) is 0 Å². The summed E-state index contributed by atoms with van der Waals surface area (Å²) in [5.74, 6) is 1.84. The lowest BCUT2D eigenvalue weighted by Gasteiger charge is -2.34. The molecular formula is C18H25N3O3S. The smallest absolute Gasteiger partial charge is 0.256 e. The first-order valence-electron chi connectivity index (χ1n) is 8.69. The largest absolute Gasteiger partial charge is 0.368 e. The number of carbonyl (C=O) groups is 2. The van der Waals surface area contributed by atoms with Gasteiger partial charge in [-0.2, -0.15) is 11.8 Å². The second-order valence-corrected chi connectivity index (χ2v) is 7.61. The normalized spacial score (nSPS) is 20.1. The maximum absolute atomic E-state index is 12.7. The third kappa shape index (κ3) is 4.16. The molecule has 136 valence electrons. The summed E-state index contributed by atoms with van der Waals surface area (Å²) in [4.78, 5) is 27.2. The van der Waals surface area contributed by atoms with E-state index in [1.54, 1.807) is 19.2 Å². The van der Waals surface area contributed by atoms with Crippen LogP contribution in [-0.4, -0.2) is 67.1 Å². The van der Waals surface area contributed by atoms with Gasteiger partial charge >= 0.3 is 0 Å². The Balaban J connectivity index is 1.70. The van der Waals surface area contributed by atoms with Crippen LogP contribution in [0.15, 0.2) is 24.3 Å². The summed E-state index contributed by atoms with van der Waals surface area (Å²) >= 11 is 1.87.